The smallest absolute Gasteiger partial charge is 0.328 e. The van der Waals surface area contributed by atoms with Crippen LogP contribution in [-0.2, 0) is 16.6 Å². The Morgan fingerprint density at radius 2 is 1.91 bits per heavy atom. The number of carbonyl (C=O) groups is 1. The third kappa shape index (κ3) is 5.80. The Bertz CT molecular complexity index is 1190. The van der Waals surface area contributed by atoms with Gasteiger partial charge in [-0.05, 0) is 53.7 Å². The molecule has 0 aliphatic rings. The summed E-state index contributed by atoms with van der Waals surface area (Å²) in [6.07, 6.45) is -0.713. The fraction of sp³-hybridized carbons (Fsp3) is 0.370. The van der Waals surface area contributed by atoms with E-state index in [1.165, 1.54) is 17.4 Å². The van der Waals surface area contributed by atoms with Crippen LogP contribution < -0.4 is 4.74 Å². The van der Waals surface area contributed by atoms with E-state index in [0.29, 0.717) is 11.3 Å². The summed E-state index contributed by atoms with van der Waals surface area (Å²) in [6, 6.07) is 12.2. The molecule has 0 atom stereocenters. The van der Waals surface area contributed by atoms with E-state index in [9.17, 15) is 13.6 Å². The molecule has 1 heterocycles. The first-order chi connectivity index (χ1) is 15.5. The number of benzene rings is 2. The molecule has 0 fully saturated rings. The molecule has 6 heteroatoms. The minimum absolute atomic E-state index is 0.0649. The summed E-state index contributed by atoms with van der Waals surface area (Å²) in [5.74, 6) is -0.344. The maximum absolute atomic E-state index is 12.9. The molecule has 1 N–H and O–H groups in total. The van der Waals surface area contributed by atoms with Gasteiger partial charge in [0.2, 0.25) is 6.43 Å². The van der Waals surface area contributed by atoms with Gasteiger partial charge in [-0.15, -0.1) is 11.3 Å². The molecule has 0 aliphatic heterocycles. The summed E-state index contributed by atoms with van der Waals surface area (Å²) in [6.45, 7) is 10.1. The Labute approximate surface area is 197 Å². The van der Waals surface area contributed by atoms with Crippen LogP contribution in [0.25, 0.3) is 26.8 Å². The van der Waals surface area contributed by atoms with Crippen molar-refractivity contribution in [3.8, 4) is 16.9 Å². The lowest BCUT2D eigenvalue weighted by molar-refractivity contribution is -0.131. The van der Waals surface area contributed by atoms with Gasteiger partial charge < -0.3 is 9.84 Å². The van der Waals surface area contributed by atoms with Crippen molar-refractivity contribution in [1.82, 2.24) is 0 Å². The highest BCUT2D eigenvalue weighted by Gasteiger charge is 2.25. The van der Waals surface area contributed by atoms with Gasteiger partial charge in [0.15, 0.2) is 0 Å². The Kier molecular flexibility index (Phi) is 7.58. The molecule has 2 aromatic carbocycles. The van der Waals surface area contributed by atoms with Crippen LogP contribution >= 0.6 is 11.3 Å². The van der Waals surface area contributed by atoms with Crippen molar-refractivity contribution >= 4 is 33.0 Å². The Morgan fingerprint density at radius 1 is 1.18 bits per heavy atom. The molecule has 3 rings (SSSR count). The first-order valence-corrected chi connectivity index (χ1v) is 11.9. The van der Waals surface area contributed by atoms with Gasteiger partial charge >= 0.3 is 5.97 Å². The minimum atomic E-state index is -2.42. The van der Waals surface area contributed by atoms with Gasteiger partial charge in [0.05, 0.1) is 6.61 Å². The molecule has 0 saturated carbocycles. The third-order valence-electron chi connectivity index (χ3n) is 5.53. The highest BCUT2D eigenvalue weighted by molar-refractivity contribution is 7.20. The van der Waals surface area contributed by atoms with E-state index in [1.54, 1.807) is 6.92 Å². The second kappa shape index (κ2) is 10.0. The zero-order chi connectivity index (χ0) is 24.3. The van der Waals surface area contributed by atoms with Crippen molar-refractivity contribution in [2.24, 2.45) is 0 Å². The number of aliphatic carboxylic acids is 1. The number of allylic oxidation sites excluding steroid dienone is 1. The number of hydrogen-bond donors (Lipinski definition) is 1. The molecule has 0 aliphatic carbocycles. The van der Waals surface area contributed by atoms with Crippen LogP contribution in [0, 0.1) is 0 Å². The summed E-state index contributed by atoms with van der Waals surface area (Å²) in [5.41, 5.74) is 4.40. The molecule has 0 unspecified atom stereocenters. The average Bonchev–Trinajstić information content (AvgIpc) is 3.17. The van der Waals surface area contributed by atoms with Crippen LogP contribution in [0.4, 0.5) is 8.78 Å². The van der Waals surface area contributed by atoms with Crippen LogP contribution in [0.1, 0.15) is 57.0 Å². The number of alkyl halides is 2. The van der Waals surface area contributed by atoms with E-state index in [1.807, 2.05) is 24.3 Å². The number of hydrogen-bond acceptors (Lipinski definition) is 3. The number of fused-ring (bicyclic) bond motifs is 1. The van der Waals surface area contributed by atoms with E-state index in [2.05, 4.69) is 39.8 Å². The van der Waals surface area contributed by atoms with Gasteiger partial charge in [-0.1, -0.05) is 45.9 Å². The maximum atomic E-state index is 12.9. The Hall–Kier alpha value is -2.73. The summed E-state index contributed by atoms with van der Waals surface area (Å²) < 4.78 is 32.8. The normalized spacial score (nSPS) is 12.5. The van der Waals surface area contributed by atoms with Gasteiger partial charge in [0, 0.05) is 38.6 Å². The SMILES string of the molecule is CCc1cc(-c2cccc3sc(C(C)=CC(=O)O)cc23)c(OCCC(F)F)c(C(C)(C)C)c1. The van der Waals surface area contributed by atoms with Crippen LogP contribution in [0.5, 0.6) is 5.75 Å². The topological polar surface area (TPSA) is 46.5 Å². The predicted octanol–water partition coefficient (Wildman–Crippen LogP) is 7.95. The lowest BCUT2D eigenvalue weighted by Crippen LogP contribution is -2.16. The van der Waals surface area contributed by atoms with Crippen molar-refractivity contribution in [2.75, 3.05) is 6.61 Å². The van der Waals surface area contributed by atoms with Crippen molar-refractivity contribution < 1.29 is 23.4 Å². The standard InChI is InChI=1S/C27H30F2O3S/c1-6-17-13-20(26(32-11-10-24(28)29)21(14-17)27(3,4)5)18-8-7-9-22-19(18)15-23(33-22)16(2)12-25(30)31/h7-9,12-15,24H,6,10-11H2,1-5H3,(H,30,31). The van der Waals surface area contributed by atoms with E-state index < -0.39 is 12.4 Å². The van der Waals surface area contributed by atoms with E-state index >= 15 is 0 Å². The van der Waals surface area contributed by atoms with Crippen molar-refractivity contribution in [1.29, 1.82) is 0 Å². The number of carboxylic acids is 1. The summed E-state index contributed by atoms with van der Waals surface area (Å²) in [5, 5.41) is 10.1. The molecule has 176 valence electrons. The van der Waals surface area contributed by atoms with Gasteiger partial charge in [0.1, 0.15) is 5.75 Å². The summed E-state index contributed by atoms with van der Waals surface area (Å²) in [4.78, 5) is 12.0. The lowest BCUT2D eigenvalue weighted by atomic mass is 9.82. The molecule has 0 radical (unpaired) electrons. The second-order valence-electron chi connectivity index (χ2n) is 9.15. The van der Waals surface area contributed by atoms with Crippen LogP contribution in [0.15, 0.2) is 42.5 Å². The van der Waals surface area contributed by atoms with E-state index in [4.69, 9.17) is 9.84 Å². The van der Waals surface area contributed by atoms with Crippen LogP contribution in [0.3, 0.4) is 0 Å². The van der Waals surface area contributed by atoms with Gasteiger partial charge in [-0.25, -0.2) is 13.6 Å². The average molecular weight is 473 g/mol. The lowest BCUT2D eigenvalue weighted by Gasteiger charge is -2.26. The van der Waals surface area contributed by atoms with E-state index in [0.717, 1.165) is 43.6 Å². The van der Waals surface area contributed by atoms with Crippen molar-refractivity contribution in [2.45, 2.75) is 59.3 Å². The monoisotopic (exact) mass is 472 g/mol. The Balaban J connectivity index is 2.26. The van der Waals surface area contributed by atoms with Crippen LogP contribution in [0.2, 0.25) is 0 Å². The third-order valence-corrected chi connectivity index (χ3v) is 6.76. The molecule has 1 aromatic heterocycles. The Morgan fingerprint density at radius 3 is 2.52 bits per heavy atom. The minimum Gasteiger partial charge on any atom is -0.492 e. The zero-order valence-electron chi connectivity index (χ0n) is 19.7. The van der Waals surface area contributed by atoms with Crippen molar-refractivity contribution in [3.05, 3.63) is 58.5 Å². The number of ether oxygens (including phenoxy) is 1. The van der Waals surface area contributed by atoms with Crippen LogP contribution in [-0.4, -0.2) is 24.1 Å². The molecule has 0 saturated heterocycles. The second-order valence-corrected chi connectivity index (χ2v) is 10.2. The quantitative estimate of drug-likeness (QED) is 0.338. The molecule has 3 nitrogen and oxygen atoms in total. The highest BCUT2D eigenvalue weighted by atomic mass is 32.1. The van der Waals surface area contributed by atoms with Gasteiger partial charge in [-0.2, -0.15) is 0 Å². The van der Waals surface area contributed by atoms with Crippen molar-refractivity contribution in [3.63, 3.8) is 0 Å². The van der Waals surface area contributed by atoms with Gasteiger partial charge in [-0.3, -0.25) is 0 Å². The molecule has 0 amide bonds. The van der Waals surface area contributed by atoms with E-state index in [-0.39, 0.29) is 18.4 Å². The molecule has 0 bridgehead atoms. The predicted molar refractivity (Wildman–Crippen MR) is 133 cm³/mol. The fourth-order valence-electron chi connectivity index (χ4n) is 3.80. The number of carboxylic acid groups (broad SMARTS) is 1. The highest BCUT2D eigenvalue weighted by Crippen LogP contribution is 2.44. The molecule has 0 spiro atoms. The summed E-state index contributed by atoms with van der Waals surface area (Å²) in [7, 11) is 0. The molecule has 3 aromatic rings. The fourth-order valence-corrected chi connectivity index (χ4v) is 4.86. The summed E-state index contributed by atoms with van der Waals surface area (Å²) >= 11 is 1.53. The molecular formula is C27H30F2O3S. The number of aryl methyl sites for hydroxylation is 1. The first-order valence-electron chi connectivity index (χ1n) is 11.0. The number of rotatable bonds is 8. The number of thiophene rings is 1. The van der Waals surface area contributed by atoms with Gasteiger partial charge in [0.25, 0.3) is 0 Å². The number of halogens is 2. The molecule has 33 heavy (non-hydrogen) atoms. The zero-order valence-corrected chi connectivity index (χ0v) is 20.5. The molecular weight excluding hydrogens is 442 g/mol. The first kappa shape index (κ1) is 24.9. The largest absolute Gasteiger partial charge is 0.492 e. The maximum Gasteiger partial charge on any atom is 0.328 e.